The van der Waals surface area contributed by atoms with Crippen LogP contribution in [0.2, 0.25) is 0 Å². The highest BCUT2D eigenvalue weighted by Crippen LogP contribution is 2.73. The van der Waals surface area contributed by atoms with Gasteiger partial charge in [0.25, 0.3) is 0 Å². The summed E-state index contributed by atoms with van der Waals surface area (Å²) in [6.45, 7) is 23.6. The van der Waals surface area contributed by atoms with Gasteiger partial charge in [-0.15, -0.1) is 0 Å². The summed E-state index contributed by atoms with van der Waals surface area (Å²) in [5.41, 5.74) is 4.04. The maximum absolute atomic E-state index is 12.8. The molecule has 0 aromatic heterocycles. The molecular weight excluding hydrogens is 388 g/mol. The molecule has 0 aromatic rings. The highest BCUT2D eigenvalue weighted by Gasteiger charge is 2.65. The van der Waals surface area contributed by atoms with Gasteiger partial charge in [0.15, 0.2) is 0 Å². The largest absolute Gasteiger partial charge is 0.299 e. The number of fused-ring (bicyclic) bond motifs is 5. The molecule has 0 bridgehead atoms. The van der Waals surface area contributed by atoms with Crippen molar-refractivity contribution in [2.75, 3.05) is 0 Å². The molecule has 4 aliphatic carbocycles. The maximum Gasteiger partial charge on any atom is 0.138 e. The quantitative estimate of drug-likeness (QED) is 0.392. The Morgan fingerprint density at radius 2 is 1.75 bits per heavy atom. The Balaban J connectivity index is 1.61. The van der Waals surface area contributed by atoms with E-state index in [0.29, 0.717) is 39.8 Å². The molecule has 0 radical (unpaired) electrons. The van der Waals surface area contributed by atoms with Crippen LogP contribution in [0, 0.1) is 51.2 Å². The van der Waals surface area contributed by atoms with Gasteiger partial charge in [-0.3, -0.25) is 4.79 Å². The van der Waals surface area contributed by atoms with Gasteiger partial charge in [0, 0.05) is 11.8 Å². The molecule has 0 aliphatic heterocycles. The van der Waals surface area contributed by atoms with E-state index in [1.165, 1.54) is 44.1 Å². The first-order chi connectivity index (χ1) is 14.8. The smallest absolute Gasteiger partial charge is 0.138 e. The van der Waals surface area contributed by atoms with Gasteiger partial charge in [-0.05, 0) is 104 Å². The summed E-state index contributed by atoms with van der Waals surface area (Å²) in [5, 5.41) is 0. The van der Waals surface area contributed by atoms with Gasteiger partial charge in [0.2, 0.25) is 0 Å². The third kappa shape index (κ3) is 3.26. The fraction of sp³-hybridized carbons (Fsp3) is 0.839. The molecule has 4 rings (SSSR count). The Hall–Kier alpha value is -0.850. The molecule has 0 spiro atoms. The first kappa shape index (κ1) is 24.3. The second-order valence-corrected chi connectivity index (χ2v) is 13.9. The zero-order valence-electron chi connectivity index (χ0n) is 22.4. The number of Topliss-reactive ketones (excluding diaryl/α,β-unsaturated/α-hetero) is 1. The molecule has 0 saturated heterocycles. The summed E-state index contributed by atoms with van der Waals surface area (Å²) >= 11 is 0. The Kier molecular flexibility index (Phi) is 5.95. The average molecular weight is 439 g/mol. The zero-order chi connectivity index (χ0) is 23.7. The van der Waals surface area contributed by atoms with Crippen molar-refractivity contribution >= 4 is 5.78 Å². The standard InChI is InChI=1S/C31H50O/c1-20(2)21(3)10-11-22(4)23-14-18-31(9)25-12-13-26-28(5,6)27(32)16-17-29(26,7)24(25)15-19-30(23,31)8/h12,21-24,26H,1,10-11,13-19H2,2-9H3/t21-,22-,23-,24-,26-,29+,30-,31+/m0/s1. The Morgan fingerprint density at radius 1 is 1.06 bits per heavy atom. The molecule has 0 N–H and O–H groups in total. The van der Waals surface area contributed by atoms with Gasteiger partial charge in [-0.25, -0.2) is 0 Å². The van der Waals surface area contributed by atoms with Crippen LogP contribution in [0.1, 0.15) is 113 Å². The van der Waals surface area contributed by atoms with E-state index in [2.05, 4.69) is 68.0 Å². The summed E-state index contributed by atoms with van der Waals surface area (Å²) in [5.74, 6) is 3.97. The second kappa shape index (κ2) is 7.84. The molecule has 0 heterocycles. The van der Waals surface area contributed by atoms with E-state index in [-0.39, 0.29) is 5.41 Å². The van der Waals surface area contributed by atoms with E-state index in [4.69, 9.17) is 0 Å². The van der Waals surface area contributed by atoms with Crippen LogP contribution >= 0.6 is 0 Å². The van der Waals surface area contributed by atoms with Crippen LogP contribution < -0.4 is 0 Å². The van der Waals surface area contributed by atoms with Gasteiger partial charge >= 0.3 is 0 Å². The van der Waals surface area contributed by atoms with Crippen molar-refractivity contribution in [2.24, 2.45) is 51.2 Å². The molecule has 1 heteroatoms. The van der Waals surface area contributed by atoms with Crippen molar-refractivity contribution < 1.29 is 4.79 Å². The minimum Gasteiger partial charge on any atom is -0.299 e. The lowest BCUT2D eigenvalue weighted by Gasteiger charge is -2.63. The topological polar surface area (TPSA) is 17.1 Å². The van der Waals surface area contributed by atoms with Gasteiger partial charge in [0.05, 0.1) is 0 Å². The minimum atomic E-state index is -0.163. The highest BCUT2D eigenvalue weighted by molar-refractivity contribution is 5.85. The third-order valence-electron chi connectivity index (χ3n) is 12.2. The SMILES string of the molecule is C=C(C)[C@@H](C)CC[C@H](C)[C@@H]1CC[C@]2(C)C3=CC[C@H]4C(C)(C)C(=O)CC[C@]4(C)[C@H]3CC[C@@]12C. The van der Waals surface area contributed by atoms with Gasteiger partial charge in [0.1, 0.15) is 5.78 Å². The lowest BCUT2D eigenvalue weighted by atomic mass is 9.41. The van der Waals surface area contributed by atoms with E-state index in [0.717, 1.165) is 31.1 Å². The van der Waals surface area contributed by atoms with Crippen LogP contribution in [0.25, 0.3) is 0 Å². The fourth-order valence-corrected chi connectivity index (χ4v) is 9.43. The molecular formula is C31H50O. The summed E-state index contributed by atoms with van der Waals surface area (Å²) in [6.07, 6.45) is 13.7. The molecule has 32 heavy (non-hydrogen) atoms. The molecule has 180 valence electrons. The van der Waals surface area contributed by atoms with Crippen molar-refractivity contribution in [1.29, 1.82) is 0 Å². The van der Waals surface area contributed by atoms with Crippen molar-refractivity contribution in [2.45, 2.75) is 113 Å². The van der Waals surface area contributed by atoms with Crippen LogP contribution in [0.15, 0.2) is 23.8 Å². The summed E-state index contributed by atoms with van der Waals surface area (Å²) in [6, 6.07) is 0. The molecule has 0 aromatic carbocycles. The fourth-order valence-electron chi connectivity index (χ4n) is 9.43. The summed E-state index contributed by atoms with van der Waals surface area (Å²) < 4.78 is 0. The van der Waals surface area contributed by atoms with Crippen molar-refractivity contribution in [3.05, 3.63) is 23.8 Å². The molecule has 0 unspecified atom stereocenters. The summed E-state index contributed by atoms with van der Waals surface area (Å²) in [4.78, 5) is 12.8. The molecule has 1 nitrogen and oxygen atoms in total. The Morgan fingerprint density at radius 3 is 2.41 bits per heavy atom. The highest BCUT2D eigenvalue weighted by atomic mass is 16.1. The Bertz CT molecular complexity index is 816. The molecule has 0 amide bonds. The number of ketones is 1. The van der Waals surface area contributed by atoms with E-state index in [1.807, 2.05) is 0 Å². The summed E-state index contributed by atoms with van der Waals surface area (Å²) in [7, 11) is 0. The van der Waals surface area contributed by atoms with Gasteiger partial charge in [-0.2, -0.15) is 0 Å². The molecule has 3 fully saturated rings. The van der Waals surface area contributed by atoms with Crippen LogP contribution in [-0.4, -0.2) is 5.78 Å². The lowest BCUT2D eigenvalue weighted by molar-refractivity contribution is -0.146. The van der Waals surface area contributed by atoms with Crippen LogP contribution in [0.4, 0.5) is 0 Å². The maximum atomic E-state index is 12.8. The van der Waals surface area contributed by atoms with E-state index in [1.54, 1.807) is 5.57 Å². The van der Waals surface area contributed by atoms with Gasteiger partial charge in [-0.1, -0.05) is 72.3 Å². The lowest BCUT2D eigenvalue weighted by Crippen LogP contribution is -2.57. The second-order valence-electron chi connectivity index (χ2n) is 13.9. The monoisotopic (exact) mass is 438 g/mol. The number of hydrogen-bond donors (Lipinski definition) is 0. The molecule has 3 saturated carbocycles. The number of allylic oxidation sites excluding steroid dienone is 3. The van der Waals surface area contributed by atoms with Crippen molar-refractivity contribution in [1.82, 2.24) is 0 Å². The van der Waals surface area contributed by atoms with Crippen LogP contribution in [0.3, 0.4) is 0 Å². The number of hydrogen-bond acceptors (Lipinski definition) is 1. The average Bonchev–Trinajstić information content (AvgIpc) is 3.00. The first-order valence-electron chi connectivity index (χ1n) is 13.7. The predicted octanol–water partition coefficient (Wildman–Crippen LogP) is 8.79. The first-order valence-corrected chi connectivity index (χ1v) is 13.7. The van der Waals surface area contributed by atoms with E-state index >= 15 is 0 Å². The number of rotatable bonds is 5. The van der Waals surface area contributed by atoms with E-state index < -0.39 is 0 Å². The van der Waals surface area contributed by atoms with E-state index in [9.17, 15) is 4.79 Å². The van der Waals surface area contributed by atoms with Gasteiger partial charge < -0.3 is 0 Å². The third-order valence-corrected chi connectivity index (χ3v) is 12.2. The molecule has 4 aliphatic rings. The van der Waals surface area contributed by atoms with Crippen molar-refractivity contribution in [3.63, 3.8) is 0 Å². The molecule has 8 atom stereocenters. The Labute approximate surface area is 198 Å². The van der Waals surface area contributed by atoms with Crippen molar-refractivity contribution in [3.8, 4) is 0 Å². The number of carbonyl (C=O) groups excluding carboxylic acids is 1. The predicted molar refractivity (Wildman–Crippen MR) is 136 cm³/mol. The van der Waals surface area contributed by atoms with Crippen LogP contribution in [-0.2, 0) is 4.79 Å². The minimum absolute atomic E-state index is 0.163. The number of carbonyl (C=O) groups is 1. The normalized spacial score (nSPS) is 44.7. The zero-order valence-corrected chi connectivity index (χ0v) is 22.4. The van der Waals surface area contributed by atoms with Crippen LogP contribution in [0.5, 0.6) is 0 Å².